The second-order valence-electron chi connectivity index (χ2n) is 17.8. The summed E-state index contributed by atoms with van der Waals surface area (Å²) in [5, 5.41) is 10.4. The predicted molar refractivity (Wildman–Crippen MR) is 240 cm³/mol. The molecule has 4 unspecified atom stereocenters. The molecule has 0 aromatic carbocycles. The third-order valence-electron chi connectivity index (χ3n) is 11.0. The zero-order valence-corrected chi connectivity index (χ0v) is 40.4. The normalized spacial score (nSPS) is 17.1. The third-order valence-corrected chi connectivity index (χ3v) is 12.0. The SMILES string of the molecule is CCCCCCCCCCCCCCCC(=O)OCC(COP(=O)([O-])OCCN(C)CC(O)COCC1COC(C)(C)O1)OC(=O)CCCCCCCCCCCCCCC. The van der Waals surface area contributed by atoms with Crippen molar-refractivity contribution in [1.29, 1.82) is 0 Å². The first kappa shape index (κ1) is 57.9. The van der Waals surface area contributed by atoms with Crippen LogP contribution in [0.15, 0.2) is 0 Å². The average Bonchev–Trinajstić information content (AvgIpc) is 3.56. The van der Waals surface area contributed by atoms with E-state index in [2.05, 4.69) is 13.8 Å². The fourth-order valence-corrected chi connectivity index (χ4v) is 8.13. The smallest absolute Gasteiger partial charge is 0.306 e. The van der Waals surface area contributed by atoms with E-state index >= 15 is 0 Å². The minimum absolute atomic E-state index is 0.0814. The predicted octanol–water partition coefficient (Wildman–Crippen LogP) is 10.4. The summed E-state index contributed by atoms with van der Waals surface area (Å²) in [4.78, 5) is 39.7. The molecule has 1 aliphatic heterocycles. The van der Waals surface area contributed by atoms with Gasteiger partial charge in [0.15, 0.2) is 11.9 Å². The number of hydrogen-bond donors (Lipinski definition) is 1. The summed E-state index contributed by atoms with van der Waals surface area (Å²) >= 11 is 0. The maximum Gasteiger partial charge on any atom is 0.306 e. The van der Waals surface area contributed by atoms with E-state index in [9.17, 15) is 24.2 Å². The van der Waals surface area contributed by atoms with Gasteiger partial charge < -0.3 is 47.6 Å². The lowest BCUT2D eigenvalue weighted by Crippen LogP contribution is -2.35. The zero-order chi connectivity index (χ0) is 44.9. The summed E-state index contributed by atoms with van der Waals surface area (Å²) < 4.78 is 50.6. The molecule has 1 rings (SSSR count). The van der Waals surface area contributed by atoms with Gasteiger partial charge in [-0.25, -0.2) is 0 Å². The molecule has 0 amide bonds. The number of carbonyl (C=O) groups is 2. The van der Waals surface area contributed by atoms with Gasteiger partial charge in [-0.05, 0) is 33.7 Å². The van der Waals surface area contributed by atoms with E-state index in [-0.39, 0.29) is 51.9 Å². The van der Waals surface area contributed by atoms with Crippen LogP contribution in [0.3, 0.4) is 0 Å². The summed E-state index contributed by atoms with van der Waals surface area (Å²) in [6.07, 6.45) is 29.5. The molecule has 362 valence electrons. The average molecular weight is 893 g/mol. The topological polar surface area (TPSA) is 162 Å². The minimum atomic E-state index is -4.78. The zero-order valence-electron chi connectivity index (χ0n) is 39.5. The van der Waals surface area contributed by atoms with Gasteiger partial charge in [-0.3, -0.25) is 14.2 Å². The van der Waals surface area contributed by atoms with Crippen LogP contribution in [0.2, 0.25) is 0 Å². The van der Waals surface area contributed by atoms with E-state index in [1.807, 2.05) is 13.8 Å². The number of likely N-dealkylation sites (N-methyl/N-ethyl adjacent to an activating group) is 1. The Morgan fingerprint density at radius 2 is 1.16 bits per heavy atom. The Balaban J connectivity index is 2.40. The number of nitrogens with zero attached hydrogens (tertiary/aromatic N) is 1. The van der Waals surface area contributed by atoms with Crippen LogP contribution < -0.4 is 4.89 Å². The monoisotopic (exact) mass is 893 g/mol. The number of ether oxygens (including phenoxy) is 5. The van der Waals surface area contributed by atoms with E-state index in [1.165, 1.54) is 116 Å². The number of phosphoric acid groups is 1. The second-order valence-corrected chi connectivity index (χ2v) is 19.2. The molecule has 0 bridgehead atoms. The van der Waals surface area contributed by atoms with E-state index in [0.717, 1.165) is 38.5 Å². The van der Waals surface area contributed by atoms with Crippen molar-refractivity contribution in [2.24, 2.45) is 0 Å². The Kier molecular flexibility index (Phi) is 36.2. The summed E-state index contributed by atoms with van der Waals surface area (Å²) in [5.41, 5.74) is 0. The van der Waals surface area contributed by atoms with Crippen molar-refractivity contribution in [1.82, 2.24) is 4.90 Å². The first-order valence-electron chi connectivity index (χ1n) is 24.6. The van der Waals surface area contributed by atoms with E-state index in [0.29, 0.717) is 26.1 Å². The van der Waals surface area contributed by atoms with Crippen LogP contribution in [0.1, 0.15) is 207 Å². The van der Waals surface area contributed by atoms with Crippen LogP contribution in [-0.2, 0) is 46.9 Å². The summed E-state index contributed by atoms with van der Waals surface area (Å²) in [5.74, 6) is -1.54. The summed E-state index contributed by atoms with van der Waals surface area (Å²) in [7, 11) is -3.06. The summed E-state index contributed by atoms with van der Waals surface area (Å²) in [6, 6.07) is 0. The number of unbranched alkanes of at least 4 members (excludes halogenated alkanes) is 24. The maximum absolute atomic E-state index is 12.8. The molecule has 13 nitrogen and oxygen atoms in total. The van der Waals surface area contributed by atoms with Crippen LogP contribution in [0.5, 0.6) is 0 Å². The van der Waals surface area contributed by atoms with Gasteiger partial charge in [0, 0.05) is 25.9 Å². The molecule has 1 saturated heterocycles. The van der Waals surface area contributed by atoms with E-state index in [1.54, 1.807) is 11.9 Å². The minimum Gasteiger partial charge on any atom is -0.756 e. The van der Waals surface area contributed by atoms with E-state index < -0.39 is 44.4 Å². The van der Waals surface area contributed by atoms with Crippen LogP contribution in [0.4, 0.5) is 0 Å². The number of aliphatic hydroxyl groups is 1. The van der Waals surface area contributed by atoms with Crippen molar-refractivity contribution in [3.8, 4) is 0 Å². The lowest BCUT2D eigenvalue weighted by molar-refractivity contribution is -0.228. The molecule has 1 aliphatic rings. The molecule has 0 aromatic heterocycles. The molecule has 1 heterocycles. The van der Waals surface area contributed by atoms with Crippen molar-refractivity contribution in [3.63, 3.8) is 0 Å². The number of esters is 2. The Hall–Kier alpha value is -1.15. The Morgan fingerprint density at radius 3 is 1.62 bits per heavy atom. The number of hydrogen-bond acceptors (Lipinski definition) is 13. The van der Waals surface area contributed by atoms with Gasteiger partial charge in [-0.1, -0.05) is 168 Å². The molecular weight excluding hydrogens is 801 g/mol. The first-order chi connectivity index (χ1) is 29.4. The maximum atomic E-state index is 12.8. The highest BCUT2D eigenvalue weighted by Crippen LogP contribution is 2.38. The van der Waals surface area contributed by atoms with Crippen LogP contribution >= 0.6 is 7.82 Å². The standard InChI is InChI=1S/C47H92NO12P/c1-6-8-10-12-14-16-18-20-22-24-26-28-30-32-45(50)55-39-43(59-46(51)33-31-29-27-25-23-21-19-17-15-13-11-9-7-2)41-58-61(52,53)57-35-34-48(5)36-42(49)37-54-38-44-40-56-47(3,4)60-44/h42-44,49H,6-41H2,1-5H3,(H,52,53)/p-1. The van der Waals surface area contributed by atoms with E-state index in [4.69, 9.17) is 32.7 Å². The Bertz CT molecular complexity index is 1100. The number of aliphatic hydroxyl groups excluding tert-OH is 1. The van der Waals surface area contributed by atoms with Crippen molar-refractivity contribution >= 4 is 19.8 Å². The number of phosphoric ester groups is 1. The van der Waals surface area contributed by atoms with Gasteiger partial charge in [0.1, 0.15) is 12.7 Å². The molecule has 0 spiro atoms. The van der Waals surface area contributed by atoms with Crippen LogP contribution in [-0.4, -0.2) is 106 Å². The fraction of sp³-hybridized carbons (Fsp3) is 0.957. The Morgan fingerprint density at radius 1 is 0.705 bits per heavy atom. The molecule has 0 aromatic rings. The van der Waals surface area contributed by atoms with Crippen molar-refractivity contribution in [2.45, 2.75) is 232 Å². The quantitative estimate of drug-likeness (QED) is 0.0350. The highest BCUT2D eigenvalue weighted by Gasteiger charge is 2.32. The van der Waals surface area contributed by atoms with Crippen molar-refractivity contribution < 1.29 is 56.9 Å². The van der Waals surface area contributed by atoms with Crippen LogP contribution in [0, 0.1) is 0 Å². The van der Waals surface area contributed by atoms with Gasteiger partial charge in [0.05, 0.1) is 39.1 Å². The highest BCUT2D eigenvalue weighted by atomic mass is 31.2. The lowest BCUT2D eigenvalue weighted by Gasteiger charge is -2.27. The van der Waals surface area contributed by atoms with Crippen LogP contribution in [0.25, 0.3) is 0 Å². The molecular formula is C47H91NO12P-. The molecule has 0 aliphatic carbocycles. The van der Waals surface area contributed by atoms with Crippen molar-refractivity contribution in [3.05, 3.63) is 0 Å². The van der Waals surface area contributed by atoms with Gasteiger partial charge >= 0.3 is 11.9 Å². The lowest BCUT2D eigenvalue weighted by atomic mass is 10.0. The first-order valence-corrected chi connectivity index (χ1v) is 26.0. The van der Waals surface area contributed by atoms with Gasteiger partial charge in [-0.2, -0.15) is 0 Å². The molecule has 0 radical (unpaired) electrons. The number of rotatable bonds is 44. The highest BCUT2D eigenvalue weighted by molar-refractivity contribution is 7.45. The fourth-order valence-electron chi connectivity index (χ4n) is 7.40. The molecule has 1 N–H and O–H groups in total. The molecule has 14 heteroatoms. The third kappa shape index (κ3) is 36.8. The number of carbonyl (C=O) groups excluding carboxylic acids is 2. The van der Waals surface area contributed by atoms with Gasteiger partial charge in [0.2, 0.25) is 0 Å². The molecule has 4 atom stereocenters. The molecule has 61 heavy (non-hydrogen) atoms. The largest absolute Gasteiger partial charge is 0.756 e. The van der Waals surface area contributed by atoms with Crippen molar-refractivity contribution in [2.75, 3.05) is 59.8 Å². The van der Waals surface area contributed by atoms with Gasteiger partial charge in [-0.15, -0.1) is 0 Å². The molecule has 1 fully saturated rings. The second kappa shape index (κ2) is 38.2. The Labute approximate surface area is 372 Å². The molecule has 0 saturated carbocycles. The summed E-state index contributed by atoms with van der Waals surface area (Å²) in [6.45, 7) is 8.30. The van der Waals surface area contributed by atoms with Gasteiger partial charge in [0.25, 0.3) is 7.82 Å².